The average molecular weight is 261 g/mol. The van der Waals surface area contributed by atoms with Crippen LogP contribution in [0.2, 0.25) is 0 Å². The summed E-state index contributed by atoms with van der Waals surface area (Å²) in [6, 6.07) is 8.53. The van der Waals surface area contributed by atoms with Crippen molar-refractivity contribution in [3.8, 4) is 5.75 Å². The third kappa shape index (κ3) is 4.54. The fraction of sp³-hybridized carbons (Fsp3) is 0.647. The molecule has 0 bridgehead atoms. The van der Waals surface area contributed by atoms with Crippen molar-refractivity contribution in [1.29, 1.82) is 0 Å². The fourth-order valence-electron chi connectivity index (χ4n) is 2.57. The van der Waals surface area contributed by atoms with Gasteiger partial charge in [-0.1, -0.05) is 32.9 Å². The van der Waals surface area contributed by atoms with Gasteiger partial charge in [0.05, 0.1) is 6.61 Å². The van der Waals surface area contributed by atoms with Crippen LogP contribution in [0.5, 0.6) is 5.75 Å². The molecule has 2 rings (SSSR count). The molecule has 0 amide bonds. The zero-order valence-electron chi connectivity index (χ0n) is 12.5. The highest BCUT2D eigenvalue weighted by molar-refractivity contribution is 5.32. The molecule has 1 N–H and O–H groups in total. The fourth-order valence-corrected chi connectivity index (χ4v) is 2.57. The van der Waals surface area contributed by atoms with Gasteiger partial charge in [-0.15, -0.1) is 0 Å². The first-order chi connectivity index (χ1) is 9.05. The number of benzene rings is 1. The Bertz CT molecular complexity index is 388. The maximum absolute atomic E-state index is 5.92. The van der Waals surface area contributed by atoms with E-state index in [4.69, 9.17) is 4.74 Å². The Morgan fingerprint density at radius 1 is 1.21 bits per heavy atom. The Morgan fingerprint density at radius 3 is 2.63 bits per heavy atom. The third-order valence-electron chi connectivity index (χ3n) is 3.95. The molecule has 19 heavy (non-hydrogen) atoms. The number of hydrogen-bond donors (Lipinski definition) is 1. The van der Waals surface area contributed by atoms with Crippen LogP contribution >= 0.6 is 0 Å². The van der Waals surface area contributed by atoms with Crippen molar-refractivity contribution in [2.45, 2.75) is 45.4 Å². The van der Waals surface area contributed by atoms with Crippen LogP contribution in [-0.4, -0.2) is 19.7 Å². The van der Waals surface area contributed by atoms with Gasteiger partial charge in [0.1, 0.15) is 5.75 Å². The monoisotopic (exact) mass is 261 g/mol. The van der Waals surface area contributed by atoms with Crippen LogP contribution in [-0.2, 0) is 5.41 Å². The summed E-state index contributed by atoms with van der Waals surface area (Å²) in [5.74, 6) is 1.86. The summed E-state index contributed by atoms with van der Waals surface area (Å²) in [6.45, 7) is 9.90. The molecule has 1 aromatic carbocycles. The van der Waals surface area contributed by atoms with E-state index < -0.39 is 0 Å². The van der Waals surface area contributed by atoms with Crippen molar-refractivity contribution in [2.24, 2.45) is 5.92 Å². The minimum atomic E-state index is 0.189. The Hall–Kier alpha value is -1.02. The molecule has 0 aromatic heterocycles. The van der Waals surface area contributed by atoms with Gasteiger partial charge in [-0.25, -0.2) is 0 Å². The Morgan fingerprint density at radius 2 is 1.95 bits per heavy atom. The quantitative estimate of drug-likeness (QED) is 0.891. The predicted octanol–water partition coefficient (Wildman–Crippen LogP) is 3.75. The lowest BCUT2D eigenvalue weighted by atomic mass is 9.87. The van der Waals surface area contributed by atoms with Crippen molar-refractivity contribution >= 4 is 0 Å². The van der Waals surface area contributed by atoms with E-state index in [0.29, 0.717) is 0 Å². The molecular weight excluding hydrogens is 234 g/mol. The molecule has 1 aromatic rings. The van der Waals surface area contributed by atoms with Crippen LogP contribution < -0.4 is 10.1 Å². The lowest BCUT2D eigenvalue weighted by Crippen LogP contribution is -2.28. The predicted molar refractivity (Wildman–Crippen MR) is 80.8 cm³/mol. The maximum atomic E-state index is 5.92. The number of rotatable bonds is 4. The SMILES string of the molecule is CC(C)(C)c1cccc(OCCC2CCNCC2)c1. The van der Waals surface area contributed by atoms with E-state index in [1.807, 2.05) is 0 Å². The van der Waals surface area contributed by atoms with Crippen molar-refractivity contribution < 1.29 is 4.74 Å². The van der Waals surface area contributed by atoms with Crippen LogP contribution in [0.4, 0.5) is 0 Å². The second-order valence-corrected chi connectivity index (χ2v) is 6.61. The molecule has 0 radical (unpaired) electrons. The Labute approximate surface area is 117 Å². The van der Waals surface area contributed by atoms with E-state index in [1.165, 1.54) is 37.9 Å². The molecule has 0 atom stereocenters. The number of ether oxygens (including phenoxy) is 1. The van der Waals surface area contributed by atoms with E-state index in [-0.39, 0.29) is 5.41 Å². The van der Waals surface area contributed by atoms with Crippen molar-refractivity contribution in [1.82, 2.24) is 5.32 Å². The second-order valence-electron chi connectivity index (χ2n) is 6.61. The third-order valence-corrected chi connectivity index (χ3v) is 3.95. The van der Waals surface area contributed by atoms with E-state index in [0.717, 1.165) is 18.3 Å². The molecule has 2 heteroatoms. The van der Waals surface area contributed by atoms with Gasteiger partial charge in [-0.3, -0.25) is 0 Å². The van der Waals surface area contributed by atoms with Gasteiger partial charge in [0, 0.05) is 0 Å². The van der Waals surface area contributed by atoms with Gasteiger partial charge in [-0.05, 0) is 61.4 Å². The molecule has 1 saturated heterocycles. The first-order valence-corrected chi connectivity index (χ1v) is 7.50. The minimum Gasteiger partial charge on any atom is -0.494 e. The van der Waals surface area contributed by atoms with E-state index in [9.17, 15) is 0 Å². The molecule has 1 aliphatic rings. The molecule has 0 saturated carbocycles. The Balaban J connectivity index is 1.82. The molecule has 0 unspecified atom stereocenters. The highest BCUT2D eigenvalue weighted by atomic mass is 16.5. The van der Waals surface area contributed by atoms with Crippen molar-refractivity contribution in [2.75, 3.05) is 19.7 Å². The van der Waals surface area contributed by atoms with E-state index >= 15 is 0 Å². The maximum Gasteiger partial charge on any atom is 0.119 e. The molecular formula is C17H27NO. The van der Waals surface area contributed by atoms with Crippen molar-refractivity contribution in [3.05, 3.63) is 29.8 Å². The highest BCUT2D eigenvalue weighted by Crippen LogP contribution is 2.26. The first kappa shape index (κ1) is 14.4. The largest absolute Gasteiger partial charge is 0.494 e. The minimum absolute atomic E-state index is 0.189. The van der Waals surface area contributed by atoms with Crippen molar-refractivity contribution in [3.63, 3.8) is 0 Å². The second kappa shape index (κ2) is 6.42. The summed E-state index contributed by atoms with van der Waals surface area (Å²) >= 11 is 0. The summed E-state index contributed by atoms with van der Waals surface area (Å²) in [6.07, 6.45) is 3.78. The standard InChI is InChI=1S/C17H27NO/c1-17(2,3)15-5-4-6-16(13-15)19-12-9-14-7-10-18-11-8-14/h4-6,13-14,18H,7-12H2,1-3H3. The van der Waals surface area contributed by atoms with Crippen LogP contribution in [0.15, 0.2) is 24.3 Å². The average Bonchev–Trinajstić information content (AvgIpc) is 2.39. The summed E-state index contributed by atoms with van der Waals surface area (Å²) < 4.78 is 5.92. The summed E-state index contributed by atoms with van der Waals surface area (Å²) in [7, 11) is 0. The van der Waals surface area contributed by atoms with Gasteiger partial charge in [0.25, 0.3) is 0 Å². The molecule has 0 spiro atoms. The number of piperidine rings is 1. The summed E-state index contributed by atoms with van der Waals surface area (Å²) in [5.41, 5.74) is 1.53. The lowest BCUT2D eigenvalue weighted by Gasteiger charge is -2.23. The molecule has 1 heterocycles. The number of nitrogens with one attached hydrogen (secondary N) is 1. The van der Waals surface area contributed by atoms with Crippen LogP contribution in [0.1, 0.15) is 45.6 Å². The van der Waals surface area contributed by atoms with Gasteiger partial charge in [0.2, 0.25) is 0 Å². The molecule has 1 fully saturated rings. The van der Waals surface area contributed by atoms with E-state index in [2.05, 4.69) is 50.4 Å². The van der Waals surface area contributed by atoms with Gasteiger partial charge >= 0.3 is 0 Å². The van der Waals surface area contributed by atoms with Gasteiger partial charge in [0.15, 0.2) is 0 Å². The zero-order chi connectivity index (χ0) is 13.7. The van der Waals surface area contributed by atoms with Gasteiger partial charge in [-0.2, -0.15) is 0 Å². The van der Waals surface area contributed by atoms with Crippen LogP contribution in [0.3, 0.4) is 0 Å². The topological polar surface area (TPSA) is 21.3 Å². The molecule has 1 aliphatic heterocycles. The smallest absolute Gasteiger partial charge is 0.119 e. The molecule has 0 aliphatic carbocycles. The Kier molecular flexibility index (Phi) is 4.87. The summed E-state index contributed by atoms with van der Waals surface area (Å²) in [5, 5.41) is 3.41. The zero-order valence-corrected chi connectivity index (χ0v) is 12.5. The highest BCUT2D eigenvalue weighted by Gasteiger charge is 2.15. The lowest BCUT2D eigenvalue weighted by molar-refractivity contribution is 0.251. The first-order valence-electron chi connectivity index (χ1n) is 7.50. The van der Waals surface area contributed by atoms with Crippen LogP contribution in [0, 0.1) is 5.92 Å². The molecule has 106 valence electrons. The summed E-state index contributed by atoms with van der Waals surface area (Å²) in [4.78, 5) is 0. The number of hydrogen-bond acceptors (Lipinski definition) is 2. The van der Waals surface area contributed by atoms with Gasteiger partial charge < -0.3 is 10.1 Å². The molecule has 2 nitrogen and oxygen atoms in total. The van der Waals surface area contributed by atoms with Crippen LogP contribution in [0.25, 0.3) is 0 Å². The normalized spacial score (nSPS) is 17.4. The van der Waals surface area contributed by atoms with E-state index in [1.54, 1.807) is 0 Å².